The molecule has 4 N–H and O–H groups in total. The van der Waals surface area contributed by atoms with Gasteiger partial charge in [0.05, 0.1) is 26.9 Å². The molecule has 0 aliphatic rings. The zero-order chi connectivity index (χ0) is 19.0. The number of benzene rings is 1. The number of aliphatic hydroxyl groups is 1. The minimum Gasteiger partial charge on any atom is -0.392 e. The molecule has 0 saturated heterocycles. The van der Waals surface area contributed by atoms with Crippen molar-refractivity contribution in [3.63, 3.8) is 0 Å². The molecule has 0 fully saturated rings. The van der Waals surface area contributed by atoms with Gasteiger partial charge in [-0.15, -0.1) is 11.3 Å². The SMILES string of the molecule is Nc1cc(Nc2nccc3nc(-c4c(Cl)cc(CO)cc4Cl)sc23)ncn1. The van der Waals surface area contributed by atoms with Gasteiger partial charge in [0.1, 0.15) is 23.0 Å². The van der Waals surface area contributed by atoms with E-state index in [1.54, 1.807) is 30.5 Å². The van der Waals surface area contributed by atoms with E-state index in [0.717, 1.165) is 10.2 Å². The second kappa shape index (κ2) is 7.24. The average Bonchev–Trinajstić information content (AvgIpc) is 3.05. The molecule has 136 valence electrons. The fourth-order valence-electron chi connectivity index (χ4n) is 2.53. The van der Waals surface area contributed by atoms with E-state index in [4.69, 9.17) is 28.9 Å². The molecule has 4 aromatic rings. The van der Waals surface area contributed by atoms with Crippen LogP contribution in [0.15, 0.2) is 36.8 Å². The molecule has 0 aliphatic carbocycles. The molecular formula is C17H12Cl2N6OS. The lowest BCUT2D eigenvalue weighted by Crippen LogP contribution is -1.98. The van der Waals surface area contributed by atoms with E-state index in [0.29, 0.717) is 43.6 Å². The van der Waals surface area contributed by atoms with E-state index >= 15 is 0 Å². The van der Waals surface area contributed by atoms with Gasteiger partial charge in [0, 0.05) is 17.8 Å². The maximum atomic E-state index is 9.29. The molecule has 3 heterocycles. The minimum absolute atomic E-state index is 0.139. The fourth-order valence-corrected chi connectivity index (χ4v) is 4.44. The monoisotopic (exact) mass is 418 g/mol. The smallest absolute Gasteiger partial charge is 0.151 e. The molecule has 0 aliphatic heterocycles. The number of nitrogens with two attached hydrogens (primary N) is 1. The predicted molar refractivity (Wildman–Crippen MR) is 109 cm³/mol. The molecule has 4 rings (SSSR count). The van der Waals surface area contributed by atoms with Crippen LogP contribution in [0.2, 0.25) is 10.0 Å². The maximum Gasteiger partial charge on any atom is 0.151 e. The van der Waals surface area contributed by atoms with Crippen LogP contribution in [-0.2, 0) is 6.61 Å². The molecular weight excluding hydrogens is 407 g/mol. The Balaban J connectivity index is 1.80. The van der Waals surface area contributed by atoms with Crippen molar-refractivity contribution in [2.75, 3.05) is 11.1 Å². The number of halogens is 2. The number of fused-ring (bicyclic) bond motifs is 1. The summed E-state index contributed by atoms with van der Waals surface area (Å²) >= 11 is 14.1. The van der Waals surface area contributed by atoms with Crippen LogP contribution >= 0.6 is 34.5 Å². The molecule has 0 atom stereocenters. The van der Waals surface area contributed by atoms with Gasteiger partial charge in [0.25, 0.3) is 0 Å². The summed E-state index contributed by atoms with van der Waals surface area (Å²) in [5.74, 6) is 1.47. The summed E-state index contributed by atoms with van der Waals surface area (Å²) < 4.78 is 0.822. The van der Waals surface area contributed by atoms with E-state index in [2.05, 4.69) is 25.3 Å². The van der Waals surface area contributed by atoms with Crippen LogP contribution < -0.4 is 11.1 Å². The summed E-state index contributed by atoms with van der Waals surface area (Å²) in [5, 5.41) is 13.9. The molecule has 0 radical (unpaired) electrons. The second-order valence-electron chi connectivity index (χ2n) is 5.57. The largest absolute Gasteiger partial charge is 0.392 e. The van der Waals surface area contributed by atoms with E-state index in [-0.39, 0.29) is 6.61 Å². The number of aliphatic hydroxyl groups excluding tert-OH is 1. The fraction of sp³-hybridized carbons (Fsp3) is 0.0588. The van der Waals surface area contributed by atoms with E-state index in [1.807, 2.05) is 0 Å². The van der Waals surface area contributed by atoms with Gasteiger partial charge in [0.15, 0.2) is 5.82 Å². The van der Waals surface area contributed by atoms with Crippen LogP contribution in [0.25, 0.3) is 20.8 Å². The van der Waals surface area contributed by atoms with Gasteiger partial charge in [0.2, 0.25) is 0 Å². The quantitative estimate of drug-likeness (QED) is 0.453. The van der Waals surface area contributed by atoms with Gasteiger partial charge >= 0.3 is 0 Å². The standard InChI is InChI=1S/C17H12Cl2N6OS/c18-9-3-8(6-26)4-10(19)14(9)17-24-11-1-2-21-16(15(11)27-17)25-13-5-12(20)22-7-23-13/h1-5,7,26H,6H2,(H3,20,21,22,23,25). The van der Waals surface area contributed by atoms with Gasteiger partial charge < -0.3 is 16.2 Å². The molecule has 0 unspecified atom stereocenters. The zero-order valence-electron chi connectivity index (χ0n) is 13.6. The van der Waals surface area contributed by atoms with Crippen molar-refractivity contribution in [3.05, 3.63) is 52.4 Å². The first kappa shape index (κ1) is 17.9. The van der Waals surface area contributed by atoms with Crippen LogP contribution in [-0.4, -0.2) is 25.0 Å². The highest BCUT2D eigenvalue weighted by Gasteiger charge is 2.17. The molecule has 0 bridgehead atoms. The molecule has 0 saturated carbocycles. The third-order valence-corrected chi connectivity index (χ3v) is 5.43. The first-order chi connectivity index (χ1) is 13.0. The molecule has 3 aromatic heterocycles. The number of pyridine rings is 1. The van der Waals surface area contributed by atoms with Crippen molar-refractivity contribution in [1.29, 1.82) is 0 Å². The van der Waals surface area contributed by atoms with Crippen molar-refractivity contribution in [2.45, 2.75) is 6.61 Å². The Kier molecular flexibility index (Phi) is 4.79. The van der Waals surface area contributed by atoms with Crippen LogP contribution in [0.3, 0.4) is 0 Å². The summed E-state index contributed by atoms with van der Waals surface area (Å²) in [7, 11) is 0. The Labute approximate surface area is 167 Å². The van der Waals surface area contributed by atoms with Gasteiger partial charge in [-0.1, -0.05) is 23.2 Å². The lowest BCUT2D eigenvalue weighted by atomic mass is 10.1. The topological polar surface area (TPSA) is 110 Å². The third kappa shape index (κ3) is 3.52. The summed E-state index contributed by atoms with van der Waals surface area (Å²) in [6, 6.07) is 6.77. The minimum atomic E-state index is -0.139. The van der Waals surface area contributed by atoms with Gasteiger partial charge in [-0.2, -0.15) is 0 Å². The number of nitrogen functional groups attached to an aromatic ring is 1. The lowest BCUT2D eigenvalue weighted by molar-refractivity contribution is 0.282. The lowest BCUT2D eigenvalue weighted by Gasteiger charge is -2.06. The van der Waals surface area contributed by atoms with E-state index < -0.39 is 0 Å². The number of hydrogen-bond acceptors (Lipinski definition) is 8. The van der Waals surface area contributed by atoms with Gasteiger partial charge in [-0.3, -0.25) is 0 Å². The van der Waals surface area contributed by atoms with E-state index in [9.17, 15) is 5.11 Å². The second-order valence-corrected chi connectivity index (χ2v) is 7.39. The highest BCUT2D eigenvalue weighted by atomic mass is 35.5. The molecule has 27 heavy (non-hydrogen) atoms. The Hall–Kier alpha value is -2.52. The van der Waals surface area contributed by atoms with Crippen LogP contribution in [0.5, 0.6) is 0 Å². The normalized spacial score (nSPS) is 11.1. The first-order valence-corrected chi connectivity index (χ1v) is 9.31. The van der Waals surface area contributed by atoms with Gasteiger partial charge in [-0.25, -0.2) is 19.9 Å². The number of nitrogens with one attached hydrogen (secondary N) is 1. The molecule has 10 heteroatoms. The summed E-state index contributed by atoms with van der Waals surface area (Å²) in [4.78, 5) is 17.0. The zero-order valence-corrected chi connectivity index (χ0v) is 16.0. The first-order valence-electron chi connectivity index (χ1n) is 7.74. The Morgan fingerprint density at radius 1 is 1.11 bits per heavy atom. The molecule has 1 aromatic carbocycles. The van der Waals surface area contributed by atoms with Crippen LogP contribution in [0.1, 0.15) is 5.56 Å². The number of nitrogens with zero attached hydrogens (tertiary/aromatic N) is 4. The molecule has 7 nitrogen and oxygen atoms in total. The maximum absolute atomic E-state index is 9.29. The highest BCUT2D eigenvalue weighted by Crippen LogP contribution is 2.41. The van der Waals surface area contributed by atoms with Crippen molar-refractivity contribution >= 4 is 62.2 Å². The molecule has 0 spiro atoms. The number of anilines is 3. The molecule has 0 amide bonds. The highest BCUT2D eigenvalue weighted by molar-refractivity contribution is 7.22. The summed E-state index contributed by atoms with van der Waals surface area (Å²) in [6.45, 7) is -0.139. The van der Waals surface area contributed by atoms with Crippen molar-refractivity contribution in [3.8, 4) is 10.6 Å². The average molecular weight is 419 g/mol. The number of rotatable bonds is 4. The van der Waals surface area contributed by atoms with Crippen molar-refractivity contribution < 1.29 is 5.11 Å². The van der Waals surface area contributed by atoms with Crippen LogP contribution in [0, 0.1) is 0 Å². The number of hydrogen-bond donors (Lipinski definition) is 3. The Morgan fingerprint density at radius 3 is 2.59 bits per heavy atom. The summed E-state index contributed by atoms with van der Waals surface area (Å²) in [6.07, 6.45) is 3.02. The van der Waals surface area contributed by atoms with Crippen molar-refractivity contribution in [2.24, 2.45) is 0 Å². The number of thiazole rings is 1. The third-order valence-electron chi connectivity index (χ3n) is 3.74. The Bertz CT molecular complexity index is 1130. The Morgan fingerprint density at radius 2 is 1.89 bits per heavy atom. The van der Waals surface area contributed by atoms with E-state index in [1.165, 1.54) is 17.7 Å². The number of aromatic nitrogens is 4. The van der Waals surface area contributed by atoms with Crippen LogP contribution in [0.4, 0.5) is 17.5 Å². The summed E-state index contributed by atoms with van der Waals surface area (Å²) in [5.41, 5.74) is 7.70. The van der Waals surface area contributed by atoms with Gasteiger partial charge in [-0.05, 0) is 23.8 Å². The van der Waals surface area contributed by atoms with Crippen molar-refractivity contribution in [1.82, 2.24) is 19.9 Å². The predicted octanol–water partition coefficient (Wildman–Crippen LogP) is 4.27.